The van der Waals surface area contributed by atoms with Crippen molar-refractivity contribution in [1.82, 2.24) is 0 Å². The average molecular weight is 247 g/mol. The molecule has 0 amide bonds. The largest absolute Gasteiger partial charge is 0.410 e. The van der Waals surface area contributed by atoms with Gasteiger partial charge in [-0.25, -0.2) is 0 Å². The van der Waals surface area contributed by atoms with Crippen LogP contribution in [0.25, 0.3) is 0 Å². The summed E-state index contributed by atoms with van der Waals surface area (Å²) in [5, 5.41) is 17.9. The van der Waals surface area contributed by atoms with Crippen molar-refractivity contribution in [3.63, 3.8) is 0 Å². The number of nitrogens with zero attached hydrogens (tertiary/aromatic N) is 2. The van der Waals surface area contributed by atoms with Gasteiger partial charge in [0.2, 0.25) is 0 Å². The van der Waals surface area contributed by atoms with E-state index < -0.39 is 28.3 Å². The molecule has 0 spiro atoms. The number of alkyl halides is 4. The first kappa shape index (κ1) is 11.3. The Hall–Kier alpha value is -1.20. The Morgan fingerprint density at radius 3 is 2.06 bits per heavy atom. The van der Waals surface area contributed by atoms with Crippen LogP contribution in [0.3, 0.4) is 0 Å². The Bertz CT molecular complexity index is 428. The Labute approximate surface area is 94.9 Å². The zero-order valence-corrected chi connectivity index (χ0v) is 8.68. The van der Waals surface area contributed by atoms with Gasteiger partial charge in [0.1, 0.15) is 0 Å². The minimum Gasteiger partial charge on any atom is -0.196 e. The van der Waals surface area contributed by atoms with Crippen molar-refractivity contribution in [2.24, 2.45) is 17.3 Å². The highest BCUT2D eigenvalue weighted by atomic mass is 35.5. The maximum Gasteiger partial charge on any atom is 0.410 e. The van der Waals surface area contributed by atoms with Crippen LogP contribution in [0.4, 0.5) is 13.2 Å². The lowest BCUT2D eigenvalue weighted by molar-refractivity contribution is -0.181. The standard InChI is InChI=1S/C10H6ClF3N2/c11-9(10(12,13)14)7-2-1-6(3-7)8(9,4-15)5-16/h1-2,6-7H,3H2/t6-,7+,9-/m1/s1. The van der Waals surface area contributed by atoms with Crippen molar-refractivity contribution in [3.05, 3.63) is 12.2 Å². The summed E-state index contributed by atoms with van der Waals surface area (Å²) in [4.78, 5) is -2.77. The van der Waals surface area contributed by atoms with E-state index in [0.717, 1.165) is 0 Å². The summed E-state index contributed by atoms with van der Waals surface area (Å²) in [5.74, 6) is -1.72. The maximum absolute atomic E-state index is 13.0. The van der Waals surface area contributed by atoms with Gasteiger partial charge in [0.05, 0.1) is 12.1 Å². The number of nitriles is 2. The number of halogens is 4. The van der Waals surface area contributed by atoms with Crippen molar-refractivity contribution in [3.8, 4) is 12.1 Å². The number of hydrogen-bond acceptors (Lipinski definition) is 2. The Kier molecular flexibility index (Phi) is 2.06. The third-order valence-corrected chi connectivity index (χ3v) is 4.28. The second kappa shape index (κ2) is 2.93. The highest BCUT2D eigenvalue weighted by Gasteiger charge is 2.77. The fourth-order valence-electron chi connectivity index (χ4n) is 2.66. The summed E-state index contributed by atoms with van der Waals surface area (Å²) in [7, 11) is 0. The summed E-state index contributed by atoms with van der Waals surface area (Å²) >= 11 is 5.65. The number of fused-ring (bicyclic) bond motifs is 2. The van der Waals surface area contributed by atoms with Crippen molar-refractivity contribution >= 4 is 11.6 Å². The van der Waals surface area contributed by atoms with E-state index in [2.05, 4.69) is 0 Å². The topological polar surface area (TPSA) is 47.6 Å². The van der Waals surface area contributed by atoms with E-state index in [9.17, 15) is 13.2 Å². The molecule has 0 aromatic carbocycles. The van der Waals surface area contributed by atoms with Crippen molar-refractivity contribution in [2.75, 3.05) is 0 Å². The van der Waals surface area contributed by atoms with E-state index >= 15 is 0 Å². The molecule has 84 valence electrons. The molecule has 3 atom stereocenters. The molecule has 0 unspecified atom stereocenters. The lowest BCUT2D eigenvalue weighted by atomic mass is 9.69. The highest BCUT2D eigenvalue weighted by molar-refractivity contribution is 6.26. The Morgan fingerprint density at radius 2 is 1.69 bits per heavy atom. The van der Waals surface area contributed by atoms with Crippen LogP contribution < -0.4 is 0 Å². The van der Waals surface area contributed by atoms with Gasteiger partial charge in [-0.1, -0.05) is 12.2 Å². The van der Waals surface area contributed by atoms with Crippen LogP contribution >= 0.6 is 11.6 Å². The molecular weight excluding hydrogens is 241 g/mol. The van der Waals surface area contributed by atoms with Crippen LogP contribution in [-0.2, 0) is 0 Å². The maximum atomic E-state index is 13.0. The highest BCUT2D eigenvalue weighted by Crippen LogP contribution is 2.66. The quantitative estimate of drug-likeness (QED) is 0.487. The van der Waals surface area contributed by atoms with Crippen LogP contribution in [0.15, 0.2) is 12.2 Å². The SMILES string of the molecule is N#CC1(C#N)[C@@H]2C=C[C@@H](C2)[C@]1(Cl)C(F)(F)F. The lowest BCUT2D eigenvalue weighted by Crippen LogP contribution is -2.55. The van der Waals surface area contributed by atoms with Crippen LogP contribution in [0.5, 0.6) is 0 Å². The number of rotatable bonds is 0. The minimum absolute atomic E-state index is 0.115. The van der Waals surface area contributed by atoms with E-state index in [4.69, 9.17) is 22.1 Å². The first-order valence-electron chi connectivity index (χ1n) is 4.60. The van der Waals surface area contributed by atoms with Crippen molar-refractivity contribution in [2.45, 2.75) is 17.5 Å². The van der Waals surface area contributed by atoms with Gasteiger partial charge in [-0.05, 0) is 6.42 Å². The molecule has 2 nitrogen and oxygen atoms in total. The molecule has 0 radical (unpaired) electrons. The van der Waals surface area contributed by atoms with Gasteiger partial charge in [0.15, 0.2) is 10.3 Å². The third-order valence-electron chi connectivity index (χ3n) is 3.49. The summed E-state index contributed by atoms with van der Waals surface area (Å²) in [5.41, 5.74) is -2.20. The van der Waals surface area contributed by atoms with E-state index in [-0.39, 0.29) is 6.42 Å². The van der Waals surface area contributed by atoms with Gasteiger partial charge in [-0.2, -0.15) is 23.7 Å². The van der Waals surface area contributed by atoms with Gasteiger partial charge in [0, 0.05) is 11.8 Å². The normalized spacial score (nSPS) is 39.4. The van der Waals surface area contributed by atoms with Gasteiger partial charge in [-0.3, -0.25) is 0 Å². The minimum atomic E-state index is -4.77. The van der Waals surface area contributed by atoms with Gasteiger partial charge < -0.3 is 0 Å². The zero-order valence-electron chi connectivity index (χ0n) is 7.92. The molecule has 0 aliphatic heterocycles. The van der Waals surface area contributed by atoms with E-state index in [1.807, 2.05) is 0 Å². The number of hydrogen-bond donors (Lipinski definition) is 0. The fourth-order valence-corrected chi connectivity index (χ4v) is 3.05. The Morgan fingerprint density at radius 1 is 1.19 bits per heavy atom. The lowest BCUT2D eigenvalue weighted by Gasteiger charge is -2.39. The molecule has 2 rings (SSSR count). The molecule has 0 heterocycles. The third kappa shape index (κ3) is 0.929. The summed E-state index contributed by atoms with van der Waals surface area (Å²) in [6.45, 7) is 0. The first-order valence-corrected chi connectivity index (χ1v) is 4.97. The molecule has 1 saturated carbocycles. The van der Waals surface area contributed by atoms with E-state index in [1.54, 1.807) is 0 Å². The summed E-state index contributed by atoms with van der Waals surface area (Å²) < 4.78 is 39.0. The molecule has 0 aromatic heterocycles. The van der Waals surface area contributed by atoms with Crippen LogP contribution in [0.1, 0.15) is 6.42 Å². The van der Waals surface area contributed by atoms with E-state index in [0.29, 0.717) is 0 Å². The second-order valence-corrected chi connectivity index (χ2v) is 4.67. The fraction of sp³-hybridized carbons (Fsp3) is 0.600. The van der Waals surface area contributed by atoms with Crippen LogP contribution in [0.2, 0.25) is 0 Å². The van der Waals surface area contributed by atoms with Gasteiger partial charge >= 0.3 is 6.18 Å². The molecular formula is C10H6ClF3N2. The van der Waals surface area contributed by atoms with Crippen molar-refractivity contribution in [1.29, 1.82) is 10.5 Å². The first-order chi connectivity index (χ1) is 7.33. The molecule has 0 N–H and O–H groups in total. The average Bonchev–Trinajstić information content (AvgIpc) is 2.75. The molecule has 0 saturated heterocycles. The summed E-state index contributed by atoms with van der Waals surface area (Å²) in [6, 6.07) is 2.98. The molecule has 2 bridgehead atoms. The predicted octanol–water partition coefficient (Wildman–Crippen LogP) is 2.77. The smallest absolute Gasteiger partial charge is 0.196 e. The molecule has 16 heavy (non-hydrogen) atoms. The number of allylic oxidation sites excluding steroid dienone is 2. The van der Waals surface area contributed by atoms with Gasteiger partial charge in [0.25, 0.3) is 0 Å². The van der Waals surface area contributed by atoms with Crippen LogP contribution in [0, 0.1) is 39.9 Å². The van der Waals surface area contributed by atoms with Gasteiger partial charge in [-0.15, -0.1) is 11.6 Å². The zero-order chi connectivity index (χ0) is 12.2. The molecule has 1 fully saturated rings. The molecule has 0 aromatic rings. The molecule has 2 aliphatic rings. The summed E-state index contributed by atoms with van der Waals surface area (Å²) in [6.07, 6.45) is -1.81. The Balaban J connectivity index is 2.67. The predicted molar refractivity (Wildman–Crippen MR) is 49.0 cm³/mol. The monoisotopic (exact) mass is 246 g/mol. The molecule has 2 aliphatic carbocycles. The van der Waals surface area contributed by atoms with E-state index in [1.165, 1.54) is 24.3 Å². The van der Waals surface area contributed by atoms with Crippen molar-refractivity contribution < 1.29 is 13.2 Å². The molecule has 6 heteroatoms. The second-order valence-electron chi connectivity index (χ2n) is 4.07. The van der Waals surface area contributed by atoms with Crippen LogP contribution in [-0.4, -0.2) is 11.1 Å².